The van der Waals surface area contributed by atoms with Crippen LogP contribution < -0.4 is 22.1 Å². The van der Waals surface area contributed by atoms with E-state index in [1.165, 1.54) is 24.0 Å². The molecule has 2 saturated carbocycles. The zero-order valence-electron chi connectivity index (χ0n) is 19.6. The third kappa shape index (κ3) is 6.25. The first-order chi connectivity index (χ1) is 15.8. The lowest BCUT2D eigenvalue weighted by atomic mass is 9.86. The van der Waals surface area contributed by atoms with E-state index in [9.17, 15) is 4.79 Å². The number of nitrogens with one attached hydrogen (secondary N) is 2. The smallest absolute Gasteiger partial charge is 0.241 e. The second-order valence-corrected chi connectivity index (χ2v) is 9.81. The molecule has 1 atom stereocenters. The minimum absolute atomic E-state index is 0.447. The van der Waals surface area contributed by atoms with E-state index in [4.69, 9.17) is 11.5 Å². The van der Waals surface area contributed by atoms with E-state index in [1.807, 2.05) is 38.1 Å². The molecule has 2 fully saturated rings. The molecule has 0 bridgehead atoms. The molecule has 1 amide bonds. The average Bonchev–Trinajstić information content (AvgIpc) is 3.57. The molecule has 33 heavy (non-hydrogen) atoms. The Balaban J connectivity index is 1.46. The van der Waals surface area contributed by atoms with Crippen LogP contribution in [0.25, 0.3) is 5.70 Å². The van der Waals surface area contributed by atoms with Crippen molar-refractivity contribution in [3.8, 4) is 11.8 Å². The summed E-state index contributed by atoms with van der Waals surface area (Å²) in [6, 6.07) is 16.6. The predicted octanol–water partition coefficient (Wildman–Crippen LogP) is 3.41. The summed E-state index contributed by atoms with van der Waals surface area (Å²) in [5, 5.41) is 6.88. The fraction of sp³-hybridized carbons (Fsp3) is 0.393. The standard InChI is InChI=1S/C28H34N4O/c1-28(2,30)26(27(29)33)32-25(22-4-3-5-22)23-14-12-20(13-15-23)7-6-19-8-10-21(11-9-19)18-31-24-16-17-24/h8-15,24,26,31-32H,3-5,16-18,30H2,1-2H3,(H2,29,33). The molecular formula is C28H34N4O. The number of carbonyl (C=O) groups is 1. The van der Waals surface area contributed by atoms with Gasteiger partial charge in [-0.3, -0.25) is 4.79 Å². The van der Waals surface area contributed by atoms with E-state index in [-0.39, 0.29) is 0 Å². The van der Waals surface area contributed by atoms with Gasteiger partial charge >= 0.3 is 0 Å². The number of allylic oxidation sites excluding steroid dienone is 1. The molecule has 2 aliphatic carbocycles. The lowest BCUT2D eigenvalue weighted by Gasteiger charge is -2.33. The fourth-order valence-electron chi connectivity index (χ4n) is 3.88. The van der Waals surface area contributed by atoms with Crippen molar-refractivity contribution in [2.24, 2.45) is 11.5 Å². The van der Waals surface area contributed by atoms with Gasteiger partial charge in [-0.1, -0.05) is 36.1 Å². The van der Waals surface area contributed by atoms with Gasteiger partial charge in [0, 0.05) is 34.9 Å². The van der Waals surface area contributed by atoms with Crippen LogP contribution in [0.4, 0.5) is 0 Å². The Morgan fingerprint density at radius 2 is 1.61 bits per heavy atom. The summed E-state index contributed by atoms with van der Waals surface area (Å²) >= 11 is 0. The summed E-state index contributed by atoms with van der Waals surface area (Å²) in [6.07, 6.45) is 5.80. The van der Waals surface area contributed by atoms with Gasteiger partial charge in [-0.15, -0.1) is 0 Å². The van der Waals surface area contributed by atoms with Gasteiger partial charge in [0.05, 0.1) is 0 Å². The molecule has 0 aromatic heterocycles. The average molecular weight is 443 g/mol. The minimum atomic E-state index is -0.768. The van der Waals surface area contributed by atoms with Gasteiger partial charge in [0.15, 0.2) is 0 Å². The summed E-state index contributed by atoms with van der Waals surface area (Å²) in [7, 11) is 0. The van der Waals surface area contributed by atoms with E-state index in [1.54, 1.807) is 0 Å². The highest BCUT2D eigenvalue weighted by atomic mass is 16.1. The number of amides is 1. The van der Waals surface area contributed by atoms with Crippen LogP contribution >= 0.6 is 0 Å². The van der Waals surface area contributed by atoms with E-state index < -0.39 is 17.5 Å². The summed E-state index contributed by atoms with van der Waals surface area (Å²) < 4.78 is 0. The first-order valence-electron chi connectivity index (χ1n) is 11.8. The topological polar surface area (TPSA) is 93.2 Å². The third-order valence-corrected chi connectivity index (χ3v) is 6.28. The zero-order valence-corrected chi connectivity index (χ0v) is 19.6. The second kappa shape index (κ2) is 9.82. The van der Waals surface area contributed by atoms with Gasteiger partial charge in [-0.05, 0) is 86.9 Å². The number of rotatable bonds is 8. The number of benzene rings is 2. The Morgan fingerprint density at radius 3 is 2.06 bits per heavy atom. The Kier molecular flexibility index (Phi) is 6.88. The molecule has 2 aliphatic rings. The van der Waals surface area contributed by atoms with Crippen LogP contribution in [0.1, 0.15) is 68.2 Å². The largest absolute Gasteiger partial charge is 0.372 e. The molecular weight excluding hydrogens is 408 g/mol. The molecule has 0 saturated heterocycles. The van der Waals surface area contributed by atoms with Crippen LogP contribution in [0, 0.1) is 11.8 Å². The van der Waals surface area contributed by atoms with Gasteiger partial charge in [0.2, 0.25) is 5.91 Å². The molecule has 5 nitrogen and oxygen atoms in total. The molecule has 0 radical (unpaired) electrons. The van der Waals surface area contributed by atoms with Gasteiger partial charge in [0.1, 0.15) is 6.04 Å². The molecule has 1 unspecified atom stereocenters. The van der Waals surface area contributed by atoms with Crippen LogP contribution in [0.5, 0.6) is 0 Å². The molecule has 0 spiro atoms. The monoisotopic (exact) mass is 442 g/mol. The van der Waals surface area contributed by atoms with Crippen molar-refractivity contribution in [3.63, 3.8) is 0 Å². The zero-order chi connectivity index (χ0) is 23.4. The molecule has 0 heterocycles. The molecule has 6 N–H and O–H groups in total. The first kappa shape index (κ1) is 23.1. The summed E-state index contributed by atoms with van der Waals surface area (Å²) in [5.74, 6) is 6.05. The van der Waals surface area contributed by atoms with Crippen molar-refractivity contribution in [2.45, 2.75) is 70.1 Å². The van der Waals surface area contributed by atoms with Crippen molar-refractivity contribution < 1.29 is 4.79 Å². The van der Waals surface area contributed by atoms with Crippen molar-refractivity contribution in [1.29, 1.82) is 0 Å². The Labute approximate surface area is 197 Å². The highest BCUT2D eigenvalue weighted by molar-refractivity contribution is 5.84. The van der Waals surface area contributed by atoms with Crippen molar-refractivity contribution in [1.82, 2.24) is 10.6 Å². The van der Waals surface area contributed by atoms with Crippen LogP contribution in [-0.4, -0.2) is 23.5 Å². The van der Waals surface area contributed by atoms with E-state index in [0.717, 1.165) is 48.2 Å². The fourth-order valence-corrected chi connectivity index (χ4v) is 3.88. The molecule has 5 heteroatoms. The molecule has 2 aromatic rings. The number of nitrogens with two attached hydrogens (primary N) is 2. The Morgan fingerprint density at radius 1 is 1.03 bits per heavy atom. The van der Waals surface area contributed by atoms with Gasteiger partial charge in [0.25, 0.3) is 0 Å². The lowest BCUT2D eigenvalue weighted by Crippen LogP contribution is -2.59. The van der Waals surface area contributed by atoms with Crippen molar-refractivity contribution in [2.75, 3.05) is 0 Å². The van der Waals surface area contributed by atoms with Crippen LogP contribution in [-0.2, 0) is 11.3 Å². The minimum Gasteiger partial charge on any atom is -0.372 e. The van der Waals surface area contributed by atoms with Crippen molar-refractivity contribution >= 4 is 11.6 Å². The molecule has 172 valence electrons. The maximum atomic E-state index is 12.0. The SMILES string of the molecule is CC(C)(N)C(NC(=C1CCC1)c1ccc(C#Cc2ccc(CNC3CC3)cc2)cc1)C(N)=O. The molecule has 2 aromatic carbocycles. The van der Waals surface area contributed by atoms with Crippen LogP contribution in [0.3, 0.4) is 0 Å². The highest BCUT2D eigenvalue weighted by Gasteiger charge is 2.32. The Hall–Kier alpha value is -3.07. The second-order valence-electron chi connectivity index (χ2n) is 9.81. The summed E-state index contributed by atoms with van der Waals surface area (Å²) in [4.78, 5) is 12.0. The van der Waals surface area contributed by atoms with Gasteiger partial charge in [-0.2, -0.15) is 0 Å². The summed E-state index contributed by atoms with van der Waals surface area (Å²) in [5.41, 5.74) is 17.6. The van der Waals surface area contributed by atoms with E-state index in [0.29, 0.717) is 6.04 Å². The van der Waals surface area contributed by atoms with Gasteiger partial charge < -0.3 is 22.1 Å². The quantitative estimate of drug-likeness (QED) is 0.471. The predicted molar refractivity (Wildman–Crippen MR) is 134 cm³/mol. The number of hydrogen-bond acceptors (Lipinski definition) is 4. The molecule has 4 rings (SSSR count). The third-order valence-electron chi connectivity index (χ3n) is 6.28. The lowest BCUT2D eigenvalue weighted by molar-refractivity contribution is -0.120. The maximum Gasteiger partial charge on any atom is 0.241 e. The maximum absolute atomic E-state index is 12.0. The number of primary amides is 1. The first-order valence-corrected chi connectivity index (χ1v) is 11.8. The van der Waals surface area contributed by atoms with Gasteiger partial charge in [-0.25, -0.2) is 0 Å². The van der Waals surface area contributed by atoms with Crippen LogP contribution in [0.2, 0.25) is 0 Å². The van der Waals surface area contributed by atoms with Crippen LogP contribution in [0.15, 0.2) is 54.1 Å². The van der Waals surface area contributed by atoms with Crippen molar-refractivity contribution in [3.05, 3.63) is 76.4 Å². The van der Waals surface area contributed by atoms with E-state index in [2.05, 4.69) is 46.7 Å². The number of hydrogen-bond donors (Lipinski definition) is 4. The Bertz CT molecular complexity index is 1070. The summed E-state index contributed by atoms with van der Waals surface area (Å²) in [6.45, 7) is 4.55. The highest BCUT2D eigenvalue weighted by Crippen LogP contribution is 2.33. The van der Waals surface area contributed by atoms with E-state index >= 15 is 0 Å². The molecule has 0 aliphatic heterocycles. The number of carbonyl (C=O) groups excluding carboxylic acids is 1. The normalized spacial score (nSPS) is 16.3.